The van der Waals surface area contributed by atoms with Gasteiger partial charge in [-0.3, -0.25) is 9.78 Å². The van der Waals surface area contributed by atoms with Crippen molar-refractivity contribution in [2.45, 2.75) is 45.4 Å². The van der Waals surface area contributed by atoms with Crippen LogP contribution in [0, 0.1) is 0 Å². The molecule has 0 aliphatic rings. The Hall–Kier alpha value is -2.16. The lowest BCUT2D eigenvalue weighted by Crippen LogP contribution is -2.19. The van der Waals surface area contributed by atoms with E-state index in [9.17, 15) is 4.79 Å². The second-order valence-electron chi connectivity index (χ2n) is 6.74. The van der Waals surface area contributed by atoms with Crippen LogP contribution in [0.3, 0.4) is 0 Å². The highest BCUT2D eigenvalue weighted by Gasteiger charge is 2.19. The van der Waals surface area contributed by atoms with Crippen molar-refractivity contribution < 1.29 is 4.79 Å². The van der Waals surface area contributed by atoms with E-state index in [1.807, 2.05) is 43.5 Å². The topological polar surface area (TPSA) is 42.0 Å². The molecule has 1 atom stereocenters. The second-order valence-corrected chi connectivity index (χ2v) is 6.74. The normalized spacial score (nSPS) is 12.7. The zero-order valence-corrected chi connectivity index (χ0v) is 13.8. The van der Waals surface area contributed by atoms with Crippen LogP contribution < -0.4 is 5.32 Å². The number of amides is 1. The molecular formula is C19H24N2O. The summed E-state index contributed by atoms with van der Waals surface area (Å²) in [7, 11) is 0. The van der Waals surface area contributed by atoms with E-state index < -0.39 is 0 Å². The molecule has 3 nitrogen and oxygen atoms in total. The number of hydrogen-bond acceptors (Lipinski definition) is 2. The third-order valence-corrected chi connectivity index (χ3v) is 3.75. The Labute approximate surface area is 132 Å². The summed E-state index contributed by atoms with van der Waals surface area (Å²) in [6.07, 6.45) is 4.01. The number of nitrogens with zero attached hydrogens (tertiary/aromatic N) is 1. The molecule has 1 aromatic heterocycles. The van der Waals surface area contributed by atoms with E-state index in [1.165, 1.54) is 0 Å². The number of nitrogens with one attached hydrogen (secondary N) is 1. The summed E-state index contributed by atoms with van der Waals surface area (Å²) >= 11 is 0. The predicted octanol–water partition coefficient (Wildman–Crippen LogP) is 4.51. The van der Waals surface area contributed by atoms with E-state index in [-0.39, 0.29) is 17.2 Å². The molecule has 0 spiro atoms. The number of carbonyl (C=O) groups excluding carboxylic acids is 1. The Balaban J connectivity index is 2.07. The largest absolute Gasteiger partial charge is 0.326 e. The monoisotopic (exact) mass is 296 g/mol. The molecule has 0 bridgehead atoms. The van der Waals surface area contributed by atoms with Crippen molar-refractivity contribution in [1.82, 2.24) is 4.98 Å². The smallest absolute Gasteiger partial charge is 0.224 e. The van der Waals surface area contributed by atoms with E-state index in [4.69, 9.17) is 0 Å². The van der Waals surface area contributed by atoms with Crippen LogP contribution in [0.15, 0.2) is 48.8 Å². The van der Waals surface area contributed by atoms with Crippen LogP contribution in [0.4, 0.5) is 5.69 Å². The number of pyridine rings is 1. The van der Waals surface area contributed by atoms with E-state index >= 15 is 0 Å². The molecule has 3 heteroatoms. The number of hydrogen-bond donors (Lipinski definition) is 1. The average molecular weight is 296 g/mol. The van der Waals surface area contributed by atoms with Crippen molar-refractivity contribution in [2.24, 2.45) is 0 Å². The standard InChI is InChI=1S/C19H24N2O/c1-14(15-8-7-11-20-13-15)12-18(22)21-17-10-6-5-9-16(17)19(2,3)4/h5-11,13-14H,12H2,1-4H3,(H,21,22). The van der Waals surface area contributed by atoms with Crippen molar-refractivity contribution in [3.63, 3.8) is 0 Å². The molecule has 2 aromatic rings. The molecule has 116 valence electrons. The van der Waals surface area contributed by atoms with Crippen LogP contribution >= 0.6 is 0 Å². The molecule has 0 radical (unpaired) electrons. The molecule has 2 rings (SSSR count). The summed E-state index contributed by atoms with van der Waals surface area (Å²) in [5.41, 5.74) is 3.14. The van der Waals surface area contributed by atoms with Gasteiger partial charge < -0.3 is 5.32 Å². The SMILES string of the molecule is CC(CC(=O)Nc1ccccc1C(C)(C)C)c1cccnc1. The molecule has 0 saturated heterocycles. The quantitative estimate of drug-likeness (QED) is 0.902. The third kappa shape index (κ3) is 4.17. The second kappa shape index (κ2) is 6.73. The maximum absolute atomic E-state index is 12.3. The van der Waals surface area contributed by atoms with Gasteiger partial charge in [0.25, 0.3) is 0 Å². The Bertz CT molecular complexity index is 629. The Morgan fingerprint density at radius 2 is 1.91 bits per heavy atom. The minimum absolute atomic E-state index is 0.00115. The first-order chi connectivity index (χ1) is 10.4. The van der Waals surface area contributed by atoms with Crippen molar-refractivity contribution in [3.8, 4) is 0 Å². The van der Waals surface area contributed by atoms with Gasteiger partial charge in [0, 0.05) is 24.5 Å². The highest BCUT2D eigenvalue weighted by atomic mass is 16.1. The average Bonchev–Trinajstić information content (AvgIpc) is 2.47. The van der Waals surface area contributed by atoms with Crippen LogP contribution in [-0.4, -0.2) is 10.9 Å². The zero-order chi connectivity index (χ0) is 16.2. The first-order valence-electron chi connectivity index (χ1n) is 7.67. The van der Waals surface area contributed by atoms with Crippen molar-refractivity contribution in [3.05, 3.63) is 59.9 Å². The van der Waals surface area contributed by atoms with Gasteiger partial charge in [0.15, 0.2) is 0 Å². The van der Waals surface area contributed by atoms with Crippen molar-refractivity contribution in [1.29, 1.82) is 0 Å². The van der Waals surface area contributed by atoms with Crippen LogP contribution in [0.2, 0.25) is 0 Å². The van der Waals surface area contributed by atoms with E-state index in [0.717, 1.165) is 16.8 Å². The maximum atomic E-state index is 12.3. The lowest BCUT2D eigenvalue weighted by Gasteiger charge is -2.23. The molecule has 1 amide bonds. The van der Waals surface area contributed by atoms with Gasteiger partial charge in [0.1, 0.15) is 0 Å². The molecule has 0 aliphatic carbocycles. The Kier molecular flexibility index (Phi) is 4.96. The Morgan fingerprint density at radius 3 is 2.55 bits per heavy atom. The first-order valence-corrected chi connectivity index (χ1v) is 7.67. The fraction of sp³-hybridized carbons (Fsp3) is 0.368. The molecule has 22 heavy (non-hydrogen) atoms. The number of rotatable bonds is 4. The molecule has 1 aromatic carbocycles. The summed E-state index contributed by atoms with van der Waals surface area (Å²) in [5, 5.41) is 3.06. The predicted molar refractivity (Wildman–Crippen MR) is 91.0 cm³/mol. The zero-order valence-electron chi connectivity index (χ0n) is 13.8. The summed E-state index contributed by atoms with van der Waals surface area (Å²) in [4.78, 5) is 16.5. The molecule has 1 N–H and O–H groups in total. The molecule has 0 fully saturated rings. The van der Waals surface area contributed by atoms with Gasteiger partial charge >= 0.3 is 0 Å². The number of carbonyl (C=O) groups is 1. The minimum atomic E-state index is -0.00115. The maximum Gasteiger partial charge on any atom is 0.224 e. The lowest BCUT2D eigenvalue weighted by atomic mass is 9.85. The minimum Gasteiger partial charge on any atom is -0.326 e. The van der Waals surface area contributed by atoms with Crippen molar-refractivity contribution >= 4 is 11.6 Å². The van der Waals surface area contributed by atoms with Gasteiger partial charge in [-0.2, -0.15) is 0 Å². The number of para-hydroxylation sites is 1. The summed E-state index contributed by atoms with van der Waals surface area (Å²) in [6, 6.07) is 11.9. The van der Waals surface area contributed by atoms with Crippen LogP contribution in [-0.2, 0) is 10.2 Å². The fourth-order valence-electron chi connectivity index (χ4n) is 2.51. The van der Waals surface area contributed by atoms with E-state index in [2.05, 4.69) is 37.1 Å². The molecular weight excluding hydrogens is 272 g/mol. The van der Waals surface area contributed by atoms with Crippen LogP contribution in [0.5, 0.6) is 0 Å². The van der Waals surface area contributed by atoms with Crippen LogP contribution in [0.25, 0.3) is 0 Å². The van der Waals surface area contributed by atoms with Gasteiger partial charge in [-0.1, -0.05) is 52.0 Å². The van der Waals surface area contributed by atoms with Gasteiger partial charge in [-0.25, -0.2) is 0 Å². The molecule has 0 saturated carbocycles. The fourth-order valence-corrected chi connectivity index (χ4v) is 2.51. The highest BCUT2D eigenvalue weighted by Crippen LogP contribution is 2.29. The van der Waals surface area contributed by atoms with Gasteiger partial charge in [0.05, 0.1) is 0 Å². The van der Waals surface area contributed by atoms with Crippen molar-refractivity contribution in [2.75, 3.05) is 5.32 Å². The summed E-state index contributed by atoms with van der Waals surface area (Å²) in [5.74, 6) is 0.184. The molecule has 1 heterocycles. The number of aromatic nitrogens is 1. The molecule has 1 unspecified atom stereocenters. The third-order valence-electron chi connectivity index (χ3n) is 3.75. The number of benzene rings is 1. The summed E-state index contributed by atoms with van der Waals surface area (Å²) in [6.45, 7) is 8.50. The van der Waals surface area contributed by atoms with Gasteiger partial charge in [0.2, 0.25) is 5.91 Å². The Morgan fingerprint density at radius 1 is 1.18 bits per heavy atom. The molecule has 0 aliphatic heterocycles. The summed E-state index contributed by atoms with van der Waals surface area (Å²) < 4.78 is 0. The van der Waals surface area contributed by atoms with E-state index in [1.54, 1.807) is 6.20 Å². The lowest BCUT2D eigenvalue weighted by molar-refractivity contribution is -0.116. The van der Waals surface area contributed by atoms with Crippen LogP contribution in [0.1, 0.15) is 51.2 Å². The van der Waals surface area contributed by atoms with Gasteiger partial charge in [-0.05, 0) is 34.6 Å². The first kappa shape index (κ1) is 16.2. The van der Waals surface area contributed by atoms with Gasteiger partial charge in [-0.15, -0.1) is 0 Å². The van der Waals surface area contributed by atoms with E-state index in [0.29, 0.717) is 6.42 Å². The highest BCUT2D eigenvalue weighted by molar-refractivity contribution is 5.92. The number of anilines is 1.